The van der Waals surface area contributed by atoms with Gasteiger partial charge in [0.05, 0.1) is 23.7 Å². The quantitative estimate of drug-likeness (QED) is 0.375. The second-order valence-corrected chi connectivity index (χ2v) is 9.91. The smallest absolute Gasteiger partial charge is 0.251 e. The zero-order chi connectivity index (χ0) is 22.9. The Morgan fingerprint density at radius 1 is 1.06 bits per heavy atom. The number of ether oxygens (including phenoxy) is 1. The highest BCUT2D eigenvalue weighted by molar-refractivity contribution is 7.99. The van der Waals surface area contributed by atoms with Crippen molar-refractivity contribution in [2.45, 2.75) is 42.9 Å². The van der Waals surface area contributed by atoms with Crippen LogP contribution in [0.25, 0.3) is 28.2 Å². The van der Waals surface area contributed by atoms with Gasteiger partial charge in [0.2, 0.25) is 0 Å². The van der Waals surface area contributed by atoms with Gasteiger partial charge in [-0.1, -0.05) is 54.2 Å². The van der Waals surface area contributed by atoms with Crippen LogP contribution < -0.4 is 5.32 Å². The maximum absolute atomic E-state index is 12.4. The highest BCUT2D eigenvalue weighted by atomic mass is 32.2. The van der Waals surface area contributed by atoms with E-state index in [0.29, 0.717) is 11.6 Å². The van der Waals surface area contributed by atoms with E-state index in [-0.39, 0.29) is 12.0 Å². The van der Waals surface area contributed by atoms with Crippen LogP contribution in [0.15, 0.2) is 72.0 Å². The Labute approximate surface area is 202 Å². The lowest BCUT2D eigenvalue weighted by molar-refractivity contribution is 0.0951. The van der Waals surface area contributed by atoms with Crippen molar-refractivity contribution in [2.24, 2.45) is 0 Å². The van der Waals surface area contributed by atoms with E-state index in [0.717, 1.165) is 71.2 Å². The number of carbonyl (C=O) groups excluding carboxylic acids is 1. The number of nitrogens with one attached hydrogen (secondary N) is 1. The summed E-state index contributed by atoms with van der Waals surface area (Å²) in [4.78, 5) is 22.1. The van der Waals surface area contributed by atoms with E-state index in [1.807, 2.05) is 48.7 Å². The van der Waals surface area contributed by atoms with Gasteiger partial charge in [0, 0.05) is 41.3 Å². The molecule has 1 N–H and O–H groups in total. The molecule has 6 rings (SSSR count). The van der Waals surface area contributed by atoms with Gasteiger partial charge in [-0.05, 0) is 37.8 Å². The normalized spacial score (nSPS) is 17.8. The highest BCUT2D eigenvalue weighted by Crippen LogP contribution is 2.31. The lowest BCUT2D eigenvalue weighted by atomic mass is 10.1. The third-order valence-corrected chi connectivity index (χ3v) is 7.40. The first-order valence-corrected chi connectivity index (χ1v) is 12.8. The molecule has 1 atom stereocenters. The predicted molar refractivity (Wildman–Crippen MR) is 134 cm³/mol. The van der Waals surface area contributed by atoms with E-state index in [9.17, 15) is 4.79 Å². The molecule has 2 aliphatic rings. The van der Waals surface area contributed by atoms with Gasteiger partial charge in [0.1, 0.15) is 5.03 Å². The van der Waals surface area contributed by atoms with E-state index < -0.39 is 0 Å². The molecule has 3 heterocycles. The summed E-state index contributed by atoms with van der Waals surface area (Å²) in [6.07, 6.45) is 8.60. The molecule has 1 aliphatic heterocycles. The summed E-state index contributed by atoms with van der Waals surface area (Å²) in [6.45, 7) is 0.848. The molecule has 2 fully saturated rings. The summed E-state index contributed by atoms with van der Waals surface area (Å²) >= 11 is 1.71. The van der Waals surface area contributed by atoms with Crippen molar-refractivity contribution >= 4 is 23.3 Å². The Balaban J connectivity index is 1.36. The number of aromatic nitrogens is 3. The zero-order valence-corrected chi connectivity index (χ0v) is 19.6. The Kier molecular flexibility index (Phi) is 5.81. The average molecular weight is 471 g/mol. The van der Waals surface area contributed by atoms with Crippen LogP contribution in [0, 0.1) is 0 Å². The molecule has 0 spiro atoms. The number of thioether (sulfide) groups is 1. The standard InChI is InChI=1S/C27H26N4O2S/c32-26(29-21-12-13-21)20-10-8-19(9-11-20)24-15-28-25-27(34-17-22-7-4-14-33-22)30-23(16-31(24)25)18-5-2-1-3-6-18/h1-3,5-6,8-11,15-16,21-22H,4,7,12-14,17H2,(H,29,32)/t22-/m1/s1. The molecule has 1 aliphatic carbocycles. The maximum Gasteiger partial charge on any atom is 0.251 e. The van der Waals surface area contributed by atoms with Crippen LogP contribution >= 0.6 is 11.8 Å². The van der Waals surface area contributed by atoms with Crippen LogP contribution in [-0.2, 0) is 4.74 Å². The minimum atomic E-state index is -0.00410. The molecule has 1 saturated carbocycles. The molecule has 1 amide bonds. The second kappa shape index (κ2) is 9.24. The van der Waals surface area contributed by atoms with Gasteiger partial charge in [-0.2, -0.15) is 0 Å². The minimum Gasteiger partial charge on any atom is -0.377 e. The van der Waals surface area contributed by atoms with E-state index >= 15 is 0 Å². The van der Waals surface area contributed by atoms with Crippen LogP contribution in [0.5, 0.6) is 0 Å². The fraction of sp³-hybridized carbons (Fsp3) is 0.296. The van der Waals surface area contributed by atoms with Crippen LogP contribution in [0.2, 0.25) is 0 Å². The van der Waals surface area contributed by atoms with Crippen molar-refractivity contribution in [3.63, 3.8) is 0 Å². The number of nitrogens with zero attached hydrogens (tertiary/aromatic N) is 3. The van der Waals surface area contributed by atoms with Gasteiger partial charge in [-0.25, -0.2) is 9.97 Å². The third-order valence-electron chi connectivity index (χ3n) is 6.32. The molecule has 4 aromatic rings. The fourth-order valence-corrected chi connectivity index (χ4v) is 5.30. The van der Waals surface area contributed by atoms with Crippen molar-refractivity contribution in [1.29, 1.82) is 0 Å². The van der Waals surface area contributed by atoms with E-state index in [2.05, 4.69) is 28.0 Å². The molecular formula is C27H26N4O2S. The predicted octanol–water partition coefficient (Wildman–Crippen LogP) is 5.23. The largest absolute Gasteiger partial charge is 0.377 e. The summed E-state index contributed by atoms with van der Waals surface area (Å²) < 4.78 is 7.94. The summed E-state index contributed by atoms with van der Waals surface area (Å²) in [6, 6.07) is 18.3. The number of fused-ring (bicyclic) bond motifs is 1. The molecule has 34 heavy (non-hydrogen) atoms. The van der Waals surface area contributed by atoms with Gasteiger partial charge in [-0.3, -0.25) is 9.20 Å². The molecular weight excluding hydrogens is 444 g/mol. The van der Waals surface area contributed by atoms with Crippen molar-refractivity contribution in [1.82, 2.24) is 19.7 Å². The SMILES string of the molecule is O=C(NC1CC1)c1ccc(-c2cnc3c(SC[C@H]4CCCO4)nc(-c4ccccc4)cn23)cc1. The zero-order valence-electron chi connectivity index (χ0n) is 18.8. The lowest BCUT2D eigenvalue weighted by Crippen LogP contribution is -2.25. The van der Waals surface area contributed by atoms with Gasteiger partial charge in [0.25, 0.3) is 5.91 Å². The second-order valence-electron chi connectivity index (χ2n) is 8.91. The van der Waals surface area contributed by atoms with Crippen molar-refractivity contribution < 1.29 is 9.53 Å². The van der Waals surface area contributed by atoms with Gasteiger partial charge in [-0.15, -0.1) is 0 Å². The van der Waals surface area contributed by atoms with Gasteiger partial charge in [0.15, 0.2) is 5.65 Å². The Morgan fingerprint density at radius 3 is 2.62 bits per heavy atom. The first kappa shape index (κ1) is 21.4. The van der Waals surface area contributed by atoms with Crippen LogP contribution in [0.4, 0.5) is 0 Å². The molecule has 6 nitrogen and oxygen atoms in total. The average Bonchev–Trinajstić information content (AvgIpc) is 3.35. The summed E-state index contributed by atoms with van der Waals surface area (Å²) in [7, 11) is 0. The topological polar surface area (TPSA) is 68.5 Å². The number of hydrogen-bond donors (Lipinski definition) is 1. The summed E-state index contributed by atoms with van der Waals surface area (Å²) in [5, 5.41) is 3.95. The fourth-order valence-electron chi connectivity index (χ4n) is 4.26. The van der Waals surface area contributed by atoms with Crippen molar-refractivity contribution in [3.8, 4) is 22.5 Å². The first-order valence-electron chi connectivity index (χ1n) is 11.8. The molecule has 2 aromatic carbocycles. The van der Waals surface area contributed by atoms with Gasteiger partial charge >= 0.3 is 0 Å². The number of amides is 1. The van der Waals surface area contributed by atoms with E-state index in [1.165, 1.54) is 0 Å². The Bertz CT molecular complexity index is 1310. The maximum atomic E-state index is 12.4. The molecule has 172 valence electrons. The van der Waals surface area contributed by atoms with Crippen molar-refractivity contribution in [2.75, 3.05) is 12.4 Å². The molecule has 0 radical (unpaired) electrons. The lowest BCUT2D eigenvalue weighted by Gasteiger charge is -2.12. The number of carbonyl (C=O) groups is 1. The Hall–Kier alpha value is -3.16. The molecule has 7 heteroatoms. The minimum absolute atomic E-state index is 0.00410. The van der Waals surface area contributed by atoms with E-state index in [1.54, 1.807) is 11.8 Å². The first-order chi connectivity index (χ1) is 16.7. The number of imidazole rings is 1. The molecule has 0 unspecified atom stereocenters. The summed E-state index contributed by atoms with van der Waals surface area (Å²) in [5.74, 6) is 0.865. The number of rotatable bonds is 7. The van der Waals surface area contributed by atoms with Gasteiger partial charge < -0.3 is 10.1 Å². The molecule has 0 bridgehead atoms. The van der Waals surface area contributed by atoms with Crippen molar-refractivity contribution in [3.05, 3.63) is 72.6 Å². The number of benzene rings is 2. The molecule has 2 aromatic heterocycles. The van der Waals surface area contributed by atoms with Crippen LogP contribution in [0.1, 0.15) is 36.0 Å². The molecule has 1 saturated heterocycles. The number of hydrogen-bond acceptors (Lipinski definition) is 5. The Morgan fingerprint density at radius 2 is 1.88 bits per heavy atom. The highest BCUT2D eigenvalue weighted by Gasteiger charge is 2.24. The third kappa shape index (κ3) is 4.45. The monoisotopic (exact) mass is 470 g/mol. The summed E-state index contributed by atoms with van der Waals surface area (Å²) in [5.41, 5.74) is 5.48. The van der Waals surface area contributed by atoms with Crippen LogP contribution in [0.3, 0.4) is 0 Å². The van der Waals surface area contributed by atoms with Crippen LogP contribution in [-0.4, -0.2) is 44.8 Å². The van der Waals surface area contributed by atoms with E-state index in [4.69, 9.17) is 14.7 Å².